The summed E-state index contributed by atoms with van der Waals surface area (Å²) in [6.45, 7) is 0.873. The molecule has 1 unspecified atom stereocenters. The van der Waals surface area contributed by atoms with E-state index < -0.39 is 36.5 Å². The average Bonchev–Trinajstić information content (AvgIpc) is 2.81. The lowest BCUT2D eigenvalue weighted by Gasteiger charge is -2.14. The minimum Gasteiger partial charge on any atom is -0.497 e. The number of esters is 3. The van der Waals surface area contributed by atoms with Crippen LogP contribution in [-0.4, -0.2) is 57.9 Å². The minimum atomic E-state index is -0.968. The van der Waals surface area contributed by atoms with E-state index in [1.165, 1.54) is 46.5 Å². The Morgan fingerprint density at radius 3 is 1.88 bits per heavy atom. The van der Waals surface area contributed by atoms with E-state index in [0.717, 1.165) is 0 Å². The van der Waals surface area contributed by atoms with Crippen molar-refractivity contribution in [3.8, 4) is 11.5 Å². The lowest BCUT2D eigenvalue weighted by molar-refractivity contribution is -0.153. The number of rotatable bonds is 9. The molecular formula is C22H23NO9. The van der Waals surface area contributed by atoms with Crippen molar-refractivity contribution in [3.63, 3.8) is 0 Å². The standard InChI is InChI=1S/C22H23NO9/c1-13(32-18-7-5-17(28-2)6-8-18)20(25)31-12-19(24)23-16-10-14(21(26)29-3)9-15(11-16)22(27)30-4/h5-11,13H,12H2,1-4H3,(H,23,24). The van der Waals surface area contributed by atoms with Gasteiger partial charge in [0.25, 0.3) is 5.91 Å². The topological polar surface area (TPSA) is 126 Å². The Balaban J connectivity index is 1.96. The number of methoxy groups -OCH3 is 3. The van der Waals surface area contributed by atoms with Crippen LogP contribution in [0.4, 0.5) is 5.69 Å². The van der Waals surface area contributed by atoms with Gasteiger partial charge >= 0.3 is 17.9 Å². The van der Waals surface area contributed by atoms with Crippen LogP contribution in [0.3, 0.4) is 0 Å². The first kappa shape index (κ1) is 24.2. The number of anilines is 1. The largest absolute Gasteiger partial charge is 0.497 e. The van der Waals surface area contributed by atoms with E-state index >= 15 is 0 Å². The van der Waals surface area contributed by atoms with Crippen LogP contribution in [0.15, 0.2) is 42.5 Å². The van der Waals surface area contributed by atoms with Gasteiger partial charge in [0.1, 0.15) is 11.5 Å². The molecule has 0 heterocycles. The number of amides is 1. The molecule has 2 rings (SSSR count). The lowest BCUT2D eigenvalue weighted by atomic mass is 10.1. The second-order valence-corrected chi connectivity index (χ2v) is 6.37. The molecule has 0 saturated heterocycles. The Hall–Kier alpha value is -4.08. The first-order chi connectivity index (χ1) is 15.3. The molecule has 32 heavy (non-hydrogen) atoms. The average molecular weight is 445 g/mol. The zero-order chi connectivity index (χ0) is 23.7. The van der Waals surface area contributed by atoms with Crippen LogP contribution in [0.5, 0.6) is 11.5 Å². The fourth-order valence-electron chi connectivity index (χ4n) is 2.53. The van der Waals surface area contributed by atoms with Crippen LogP contribution in [-0.2, 0) is 23.8 Å². The van der Waals surface area contributed by atoms with Gasteiger partial charge in [-0.1, -0.05) is 0 Å². The van der Waals surface area contributed by atoms with Crippen molar-refractivity contribution in [1.82, 2.24) is 0 Å². The summed E-state index contributed by atoms with van der Waals surface area (Å²) in [5.74, 6) is -1.79. The molecule has 0 aliphatic heterocycles. The van der Waals surface area contributed by atoms with Gasteiger partial charge < -0.3 is 29.0 Å². The zero-order valence-corrected chi connectivity index (χ0v) is 18.0. The molecule has 1 amide bonds. The Kier molecular flexibility index (Phi) is 8.58. The monoisotopic (exact) mass is 445 g/mol. The smallest absolute Gasteiger partial charge is 0.347 e. The van der Waals surface area contributed by atoms with Crippen molar-refractivity contribution in [1.29, 1.82) is 0 Å². The second-order valence-electron chi connectivity index (χ2n) is 6.37. The van der Waals surface area contributed by atoms with Crippen LogP contribution in [0.2, 0.25) is 0 Å². The number of benzene rings is 2. The van der Waals surface area contributed by atoms with Crippen LogP contribution in [0, 0.1) is 0 Å². The summed E-state index contributed by atoms with van der Waals surface area (Å²) in [5, 5.41) is 2.45. The lowest BCUT2D eigenvalue weighted by Crippen LogP contribution is -2.29. The quantitative estimate of drug-likeness (QED) is 0.456. The first-order valence-corrected chi connectivity index (χ1v) is 9.36. The van der Waals surface area contributed by atoms with Gasteiger partial charge in [-0.25, -0.2) is 14.4 Å². The summed E-state index contributed by atoms with van der Waals surface area (Å²) in [5.41, 5.74) is 0.185. The molecule has 0 bridgehead atoms. The van der Waals surface area contributed by atoms with E-state index in [0.29, 0.717) is 11.5 Å². The summed E-state index contributed by atoms with van der Waals surface area (Å²) in [4.78, 5) is 47.9. The molecule has 2 aromatic carbocycles. The molecule has 10 nitrogen and oxygen atoms in total. The van der Waals surface area contributed by atoms with Gasteiger partial charge in [-0.3, -0.25) is 4.79 Å². The summed E-state index contributed by atoms with van der Waals surface area (Å²) in [6, 6.07) is 10.5. The van der Waals surface area contributed by atoms with E-state index in [1.807, 2.05) is 0 Å². The third-order valence-corrected chi connectivity index (χ3v) is 4.11. The predicted octanol–water partition coefficient (Wildman–Crippen LogP) is 2.22. The third kappa shape index (κ3) is 6.73. The van der Waals surface area contributed by atoms with E-state index in [9.17, 15) is 19.2 Å². The molecule has 0 aliphatic rings. The second kappa shape index (κ2) is 11.3. The Morgan fingerprint density at radius 2 is 1.38 bits per heavy atom. The summed E-state index contributed by atoms with van der Waals surface area (Å²) in [7, 11) is 3.89. The van der Waals surface area contributed by atoms with Gasteiger partial charge in [-0.15, -0.1) is 0 Å². The van der Waals surface area contributed by atoms with E-state index in [4.69, 9.17) is 14.2 Å². The van der Waals surface area contributed by atoms with Crippen molar-refractivity contribution >= 4 is 29.5 Å². The van der Waals surface area contributed by atoms with Crippen LogP contribution < -0.4 is 14.8 Å². The van der Waals surface area contributed by atoms with Crippen molar-refractivity contribution in [2.24, 2.45) is 0 Å². The van der Waals surface area contributed by atoms with Crippen LogP contribution in [0.25, 0.3) is 0 Å². The fourth-order valence-corrected chi connectivity index (χ4v) is 2.53. The number of ether oxygens (including phenoxy) is 5. The van der Waals surface area contributed by atoms with Crippen molar-refractivity contribution < 1.29 is 42.9 Å². The maximum absolute atomic E-state index is 12.2. The molecule has 1 atom stereocenters. The predicted molar refractivity (Wildman–Crippen MR) is 112 cm³/mol. The van der Waals surface area contributed by atoms with E-state index in [1.54, 1.807) is 24.3 Å². The highest BCUT2D eigenvalue weighted by molar-refractivity contribution is 6.00. The Morgan fingerprint density at radius 1 is 0.844 bits per heavy atom. The van der Waals surface area contributed by atoms with Crippen LogP contribution in [0.1, 0.15) is 27.6 Å². The normalized spacial score (nSPS) is 11.0. The van der Waals surface area contributed by atoms with Gasteiger partial charge in [0.2, 0.25) is 0 Å². The maximum Gasteiger partial charge on any atom is 0.347 e. The Bertz CT molecular complexity index is 951. The molecule has 1 N–H and O–H groups in total. The molecule has 0 aromatic heterocycles. The molecule has 0 radical (unpaired) electrons. The Labute approximate surface area is 184 Å². The number of nitrogens with one attached hydrogen (secondary N) is 1. The summed E-state index contributed by atoms with van der Waals surface area (Å²) < 4.78 is 24.8. The summed E-state index contributed by atoms with van der Waals surface area (Å²) in [6.07, 6.45) is -0.968. The van der Waals surface area contributed by atoms with Crippen LogP contribution >= 0.6 is 0 Å². The molecule has 0 saturated carbocycles. The first-order valence-electron chi connectivity index (χ1n) is 9.36. The van der Waals surface area contributed by atoms with Crippen molar-refractivity contribution in [3.05, 3.63) is 53.6 Å². The SMILES string of the molecule is COC(=O)c1cc(NC(=O)COC(=O)C(C)Oc2ccc(OC)cc2)cc(C(=O)OC)c1. The molecule has 0 spiro atoms. The number of hydrogen-bond donors (Lipinski definition) is 1. The van der Waals surface area contributed by atoms with Crippen molar-refractivity contribution in [2.75, 3.05) is 33.3 Å². The fraction of sp³-hybridized carbons (Fsp3) is 0.273. The zero-order valence-electron chi connectivity index (χ0n) is 18.0. The highest BCUT2D eigenvalue weighted by atomic mass is 16.6. The highest BCUT2D eigenvalue weighted by Crippen LogP contribution is 2.19. The molecule has 0 aliphatic carbocycles. The number of carbonyl (C=O) groups is 4. The van der Waals surface area contributed by atoms with Crippen molar-refractivity contribution in [2.45, 2.75) is 13.0 Å². The molecule has 170 valence electrons. The van der Waals surface area contributed by atoms with Gasteiger partial charge in [-0.2, -0.15) is 0 Å². The van der Waals surface area contributed by atoms with E-state index in [2.05, 4.69) is 14.8 Å². The molecule has 0 fully saturated rings. The minimum absolute atomic E-state index is 0.0317. The van der Waals surface area contributed by atoms with Gasteiger partial charge in [0.15, 0.2) is 12.7 Å². The highest BCUT2D eigenvalue weighted by Gasteiger charge is 2.19. The number of carbonyl (C=O) groups excluding carboxylic acids is 4. The third-order valence-electron chi connectivity index (χ3n) is 4.11. The van der Waals surface area contributed by atoms with E-state index in [-0.39, 0.29) is 16.8 Å². The molecule has 2 aromatic rings. The van der Waals surface area contributed by atoms with Gasteiger partial charge in [0.05, 0.1) is 32.5 Å². The summed E-state index contributed by atoms with van der Waals surface area (Å²) >= 11 is 0. The van der Waals surface area contributed by atoms with Gasteiger partial charge in [-0.05, 0) is 49.4 Å². The maximum atomic E-state index is 12.2. The van der Waals surface area contributed by atoms with Gasteiger partial charge in [0, 0.05) is 5.69 Å². The number of hydrogen-bond acceptors (Lipinski definition) is 9. The molecular weight excluding hydrogens is 422 g/mol. The molecule has 10 heteroatoms.